The fourth-order valence-corrected chi connectivity index (χ4v) is 4.04. The molecule has 0 saturated heterocycles. The van der Waals surface area contributed by atoms with Gasteiger partial charge in [-0.1, -0.05) is 42.0 Å². The Balaban J connectivity index is 1.69. The van der Waals surface area contributed by atoms with Gasteiger partial charge in [0.2, 0.25) is 11.8 Å². The van der Waals surface area contributed by atoms with Crippen molar-refractivity contribution < 1.29 is 9.59 Å². The monoisotopic (exact) mass is 419 g/mol. The highest BCUT2D eigenvalue weighted by Gasteiger charge is 2.17. The Hall–Kier alpha value is -3.25. The van der Waals surface area contributed by atoms with Gasteiger partial charge in [-0.05, 0) is 50.1 Å². The van der Waals surface area contributed by atoms with Gasteiger partial charge in [0.1, 0.15) is 0 Å². The first-order valence-corrected chi connectivity index (χ1v) is 10.6. The molecule has 3 rings (SSSR count). The number of para-hydroxylation sites is 1. The summed E-state index contributed by atoms with van der Waals surface area (Å²) in [5.41, 5.74) is 4.80. The summed E-state index contributed by atoms with van der Waals surface area (Å²) < 4.78 is 0. The van der Waals surface area contributed by atoms with Crippen molar-refractivity contribution in [1.82, 2.24) is 10.3 Å². The van der Waals surface area contributed by atoms with Crippen LogP contribution < -0.4 is 10.2 Å². The van der Waals surface area contributed by atoms with E-state index < -0.39 is 0 Å². The Morgan fingerprint density at radius 2 is 1.87 bits per heavy atom. The van der Waals surface area contributed by atoms with Crippen molar-refractivity contribution in [3.8, 4) is 0 Å². The lowest BCUT2D eigenvalue weighted by molar-refractivity contribution is -0.117. The maximum Gasteiger partial charge on any atom is 0.244 e. The average molecular weight is 420 g/mol. The lowest BCUT2D eigenvalue weighted by Crippen LogP contribution is -2.25. The van der Waals surface area contributed by atoms with E-state index in [1.165, 1.54) is 24.3 Å². The molecule has 0 fully saturated rings. The lowest BCUT2D eigenvalue weighted by atomic mass is 10.00. The predicted molar refractivity (Wildman–Crippen MR) is 123 cm³/mol. The maximum atomic E-state index is 12.4. The van der Waals surface area contributed by atoms with Crippen molar-refractivity contribution in [2.45, 2.75) is 33.7 Å². The first-order valence-electron chi connectivity index (χ1n) is 9.72. The average Bonchev–Trinajstić information content (AvgIpc) is 3.17. The van der Waals surface area contributed by atoms with Crippen molar-refractivity contribution >= 4 is 40.0 Å². The highest BCUT2D eigenvalue weighted by atomic mass is 32.1. The minimum absolute atomic E-state index is 0.0978. The lowest BCUT2D eigenvalue weighted by Gasteiger charge is -2.17. The van der Waals surface area contributed by atoms with Gasteiger partial charge >= 0.3 is 0 Å². The van der Waals surface area contributed by atoms with Gasteiger partial charge < -0.3 is 5.32 Å². The molecule has 1 aromatic heterocycles. The summed E-state index contributed by atoms with van der Waals surface area (Å²) in [6, 6.07) is 15.5. The molecular formula is C24H25N3O2S. The van der Waals surface area contributed by atoms with Crippen molar-refractivity contribution in [2.24, 2.45) is 0 Å². The van der Waals surface area contributed by atoms with Gasteiger partial charge in [0.15, 0.2) is 5.13 Å². The fourth-order valence-electron chi connectivity index (χ4n) is 3.19. The number of nitrogens with one attached hydrogen (secondary N) is 1. The van der Waals surface area contributed by atoms with E-state index in [0.29, 0.717) is 10.8 Å². The molecule has 0 radical (unpaired) electrons. The van der Waals surface area contributed by atoms with E-state index in [1.807, 2.05) is 56.5 Å². The summed E-state index contributed by atoms with van der Waals surface area (Å²) in [5, 5.41) is 5.39. The molecule has 0 aliphatic heterocycles. The Bertz CT molecular complexity index is 1070. The third-order valence-electron chi connectivity index (χ3n) is 4.70. The van der Waals surface area contributed by atoms with Crippen LogP contribution in [-0.4, -0.2) is 16.8 Å². The molecule has 0 bridgehead atoms. The number of aryl methyl sites for hydroxylation is 2. The SMILES string of the molecule is CC(=O)N(c1ccccc1)c1nc(/C=C/C(=O)NC(C)c2cc(C)ccc2C)cs1. The van der Waals surface area contributed by atoms with Crippen molar-refractivity contribution in [2.75, 3.05) is 4.90 Å². The Morgan fingerprint density at radius 1 is 1.13 bits per heavy atom. The predicted octanol–water partition coefficient (Wildman–Crippen LogP) is 5.34. The number of anilines is 2. The van der Waals surface area contributed by atoms with Crippen molar-refractivity contribution in [3.05, 3.63) is 82.4 Å². The van der Waals surface area contributed by atoms with Crippen LogP contribution in [0.2, 0.25) is 0 Å². The first kappa shape index (κ1) is 21.5. The van der Waals surface area contributed by atoms with Gasteiger partial charge in [0.05, 0.1) is 17.4 Å². The Labute approximate surface area is 181 Å². The van der Waals surface area contributed by atoms with Gasteiger partial charge in [0, 0.05) is 18.4 Å². The third kappa shape index (κ3) is 5.21. The summed E-state index contributed by atoms with van der Waals surface area (Å²) >= 11 is 1.36. The molecule has 1 heterocycles. The summed E-state index contributed by atoms with van der Waals surface area (Å²) in [6.07, 6.45) is 3.13. The molecule has 0 aliphatic carbocycles. The number of nitrogens with zero attached hydrogens (tertiary/aromatic N) is 2. The molecule has 154 valence electrons. The number of carbonyl (C=O) groups excluding carboxylic acids is 2. The van der Waals surface area contributed by atoms with Gasteiger partial charge in [-0.25, -0.2) is 4.98 Å². The molecule has 6 heteroatoms. The standard InChI is InChI=1S/C24H25N3O2S/c1-16-10-11-17(2)22(14-16)18(3)25-23(29)13-12-20-15-30-24(26-20)27(19(4)28)21-8-6-5-7-9-21/h5-15,18H,1-4H3,(H,25,29)/b13-12+. The second-order valence-electron chi connectivity index (χ2n) is 7.17. The van der Waals surface area contributed by atoms with E-state index in [-0.39, 0.29) is 17.9 Å². The number of hydrogen-bond acceptors (Lipinski definition) is 4. The molecule has 0 saturated carbocycles. The summed E-state index contributed by atoms with van der Waals surface area (Å²) in [5.74, 6) is -0.310. The number of thiazole rings is 1. The van der Waals surface area contributed by atoms with E-state index >= 15 is 0 Å². The Kier molecular flexibility index (Phi) is 6.79. The topological polar surface area (TPSA) is 62.3 Å². The quantitative estimate of drug-likeness (QED) is 0.549. The fraction of sp³-hybridized carbons (Fsp3) is 0.208. The second kappa shape index (κ2) is 9.50. The zero-order chi connectivity index (χ0) is 21.7. The van der Waals surface area contributed by atoms with E-state index in [9.17, 15) is 9.59 Å². The third-order valence-corrected chi connectivity index (χ3v) is 5.54. The van der Waals surface area contributed by atoms with Gasteiger partial charge in [0.25, 0.3) is 0 Å². The summed E-state index contributed by atoms with van der Waals surface area (Å²) in [7, 11) is 0. The van der Waals surface area contributed by atoms with Crippen LogP contribution in [0.4, 0.5) is 10.8 Å². The molecule has 0 spiro atoms. The smallest absolute Gasteiger partial charge is 0.244 e. The van der Waals surface area contributed by atoms with Crippen LogP contribution in [0.3, 0.4) is 0 Å². The number of rotatable bonds is 6. The maximum absolute atomic E-state index is 12.4. The van der Waals surface area contributed by atoms with E-state index in [2.05, 4.69) is 28.5 Å². The molecular weight excluding hydrogens is 394 g/mol. The highest BCUT2D eigenvalue weighted by Crippen LogP contribution is 2.29. The van der Waals surface area contributed by atoms with Crippen LogP contribution in [0.15, 0.2) is 60.0 Å². The summed E-state index contributed by atoms with van der Waals surface area (Å²) in [6.45, 7) is 7.56. The van der Waals surface area contributed by atoms with Crippen LogP contribution in [0.5, 0.6) is 0 Å². The van der Waals surface area contributed by atoms with Crippen LogP contribution >= 0.6 is 11.3 Å². The molecule has 2 aromatic carbocycles. The summed E-state index contributed by atoms with van der Waals surface area (Å²) in [4.78, 5) is 30.6. The van der Waals surface area contributed by atoms with E-state index in [4.69, 9.17) is 0 Å². The van der Waals surface area contributed by atoms with Gasteiger partial charge in [-0.15, -0.1) is 11.3 Å². The molecule has 2 amide bonds. The molecule has 3 aromatic rings. The minimum Gasteiger partial charge on any atom is -0.346 e. The van der Waals surface area contributed by atoms with E-state index in [0.717, 1.165) is 22.4 Å². The molecule has 30 heavy (non-hydrogen) atoms. The number of benzene rings is 2. The molecule has 1 unspecified atom stereocenters. The minimum atomic E-state index is -0.190. The largest absolute Gasteiger partial charge is 0.346 e. The molecule has 1 N–H and O–H groups in total. The second-order valence-corrected chi connectivity index (χ2v) is 8.01. The normalized spacial score (nSPS) is 12.0. The zero-order valence-corrected chi connectivity index (χ0v) is 18.4. The first-order chi connectivity index (χ1) is 14.3. The van der Waals surface area contributed by atoms with Crippen LogP contribution in [0.1, 0.15) is 42.3 Å². The van der Waals surface area contributed by atoms with Crippen LogP contribution in [-0.2, 0) is 9.59 Å². The van der Waals surface area contributed by atoms with E-state index in [1.54, 1.807) is 11.0 Å². The van der Waals surface area contributed by atoms with Crippen molar-refractivity contribution in [3.63, 3.8) is 0 Å². The molecule has 5 nitrogen and oxygen atoms in total. The number of aromatic nitrogens is 1. The van der Waals surface area contributed by atoms with Crippen LogP contribution in [0.25, 0.3) is 6.08 Å². The molecule has 0 aliphatic rings. The van der Waals surface area contributed by atoms with Crippen LogP contribution in [0, 0.1) is 13.8 Å². The zero-order valence-electron chi connectivity index (χ0n) is 17.5. The Morgan fingerprint density at radius 3 is 2.57 bits per heavy atom. The molecule has 1 atom stereocenters. The number of hydrogen-bond donors (Lipinski definition) is 1. The van der Waals surface area contributed by atoms with Crippen molar-refractivity contribution in [1.29, 1.82) is 0 Å². The highest BCUT2D eigenvalue weighted by molar-refractivity contribution is 7.14. The number of carbonyl (C=O) groups is 2. The number of amides is 2. The van der Waals surface area contributed by atoms with Gasteiger partial charge in [-0.3, -0.25) is 14.5 Å². The van der Waals surface area contributed by atoms with Gasteiger partial charge in [-0.2, -0.15) is 0 Å².